The molecule has 4 heterocycles. The Hall–Kier alpha value is -3.39. The zero-order chi connectivity index (χ0) is 18.4. The molecule has 0 aliphatic carbocycles. The summed E-state index contributed by atoms with van der Waals surface area (Å²) in [6.45, 7) is 0.196. The summed E-state index contributed by atoms with van der Waals surface area (Å²) in [6.07, 6.45) is 3.41. The van der Waals surface area contributed by atoms with Crippen molar-refractivity contribution in [3.05, 3.63) is 58.5 Å². The topological polar surface area (TPSA) is 75.5 Å². The Morgan fingerprint density at radius 3 is 2.81 bits per heavy atom. The van der Waals surface area contributed by atoms with Gasteiger partial charge < -0.3 is 14.2 Å². The number of pyridine rings is 1. The van der Waals surface area contributed by atoms with Crippen LogP contribution < -0.4 is 19.8 Å². The van der Waals surface area contributed by atoms with Crippen molar-refractivity contribution in [2.24, 2.45) is 7.05 Å². The molecule has 1 aliphatic rings. The van der Waals surface area contributed by atoms with Crippen molar-refractivity contribution in [1.29, 1.82) is 0 Å². The standard InChI is InChI=1S/C19H13N3O4S/c1-22-19(23)16-13(11-4-6-20-7-5-11)9-27-17(16)18(21-22)26-12-2-3-14-15(8-12)25-10-24-14/h2-9H,10H2,1H3. The lowest BCUT2D eigenvalue weighted by Crippen LogP contribution is -2.19. The fourth-order valence-corrected chi connectivity index (χ4v) is 3.97. The van der Waals surface area contributed by atoms with E-state index in [0.717, 1.165) is 11.1 Å². The second-order valence-electron chi connectivity index (χ2n) is 5.94. The van der Waals surface area contributed by atoms with Crippen molar-refractivity contribution in [2.45, 2.75) is 0 Å². The highest BCUT2D eigenvalue weighted by molar-refractivity contribution is 7.18. The molecule has 0 N–H and O–H groups in total. The molecule has 27 heavy (non-hydrogen) atoms. The van der Waals surface area contributed by atoms with Crippen LogP contribution in [-0.4, -0.2) is 21.6 Å². The number of ether oxygens (including phenoxy) is 3. The van der Waals surface area contributed by atoms with Gasteiger partial charge in [-0.05, 0) is 29.8 Å². The molecule has 0 bridgehead atoms. The number of hydrogen-bond acceptors (Lipinski definition) is 7. The van der Waals surface area contributed by atoms with E-state index < -0.39 is 0 Å². The molecule has 8 heteroatoms. The van der Waals surface area contributed by atoms with Crippen LogP contribution in [0.15, 0.2) is 52.9 Å². The van der Waals surface area contributed by atoms with Gasteiger partial charge in [0.05, 0.1) is 5.39 Å². The summed E-state index contributed by atoms with van der Waals surface area (Å²) in [7, 11) is 1.61. The van der Waals surface area contributed by atoms with Crippen molar-refractivity contribution in [3.8, 4) is 34.3 Å². The number of hydrogen-bond donors (Lipinski definition) is 0. The first-order valence-corrected chi connectivity index (χ1v) is 9.05. The van der Waals surface area contributed by atoms with Crippen molar-refractivity contribution in [3.63, 3.8) is 0 Å². The average Bonchev–Trinajstić information content (AvgIpc) is 3.33. The summed E-state index contributed by atoms with van der Waals surface area (Å²) in [5.41, 5.74) is 1.60. The molecule has 0 spiro atoms. The number of aryl methyl sites for hydroxylation is 1. The van der Waals surface area contributed by atoms with Crippen LogP contribution >= 0.6 is 11.3 Å². The molecule has 0 saturated carbocycles. The molecular formula is C19H13N3O4S. The molecule has 0 amide bonds. The molecule has 0 atom stereocenters. The van der Waals surface area contributed by atoms with E-state index in [1.807, 2.05) is 17.5 Å². The maximum Gasteiger partial charge on any atom is 0.276 e. The van der Waals surface area contributed by atoms with Crippen LogP contribution in [0.1, 0.15) is 0 Å². The van der Waals surface area contributed by atoms with Gasteiger partial charge in [-0.15, -0.1) is 16.4 Å². The smallest absolute Gasteiger partial charge is 0.276 e. The molecule has 7 nitrogen and oxygen atoms in total. The Kier molecular flexibility index (Phi) is 3.58. The van der Waals surface area contributed by atoms with E-state index in [1.165, 1.54) is 16.0 Å². The lowest BCUT2D eigenvalue weighted by molar-refractivity contribution is 0.174. The lowest BCUT2D eigenvalue weighted by atomic mass is 10.1. The molecule has 1 aliphatic heterocycles. The highest BCUT2D eigenvalue weighted by Crippen LogP contribution is 2.40. The Balaban J connectivity index is 1.64. The second kappa shape index (κ2) is 6.10. The first-order chi connectivity index (χ1) is 13.2. The normalized spacial score (nSPS) is 12.5. The minimum atomic E-state index is -0.170. The van der Waals surface area contributed by atoms with E-state index in [2.05, 4.69) is 10.1 Å². The van der Waals surface area contributed by atoms with Crippen LogP contribution in [-0.2, 0) is 7.05 Å². The number of nitrogens with zero attached hydrogens (tertiary/aromatic N) is 3. The third kappa shape index (κ3) is 2.61. The van der Waals surface area contributed by atoms with Crippen LogP contribution in [0.25, 0.3) is 21.2 Å². The van der Waals surface area contributed by atoms with Crippen molar-refractivity contribution in [1.82, 2.24) is 14.8 Å². The maximum atomic E-state index is 12.7. The Labute approximate surface area is 157 Å². The highest BCUT2D eigenvalue weighted by atomic mass is 32.1. The molecule has 0 fully saturated rings. The zero-order valence-electron chi connectivity index (χ0n) is 14.2. The lowest BCUT2D eigenvalue weighted by Gasteiger charge is -2.08. The third-order valence-electron chi connectivity index (χ3n) is 4.28. The Morgan fingerprint density at radius 1 is 1.15 bits per heavy atom. The number of aromatic nitrogens is 3. The summed E-state index contributed by atoms with van der Waals surface area (Å²) < 4.78 is 18.7. The van der Waals surface area contributed by atoms with Gasteiger partial charge in [0.15, 0.2) is 11.5 Å². The number of benzene rings is 1. The summed E-state index contributed by atoms with van der Waals surface area (Å²) in [6, 6.07) is 9.06. The van der Waals surface area contributed by atoms with E-state index in [9.17, 15) is 4.79 Å². The molecule has 4 aromatic rings. The molecular weight excluding hydrogens is 366 g/mol. The predicted molar refractivity (Wildman–Crippen MR) is 101 cm³/mol. The van der Waals surface area contributed by atoms with Crippen LogP contribution in [0.3, 0.4) is 0 Å². The van der Waals surface area contributed by atoms with E-state index in [-0.39, 0.29) is 12.4 Å². The maximum absolute atomic E-state index is 12.7. The van der Waals surface area contributed by atoms with E-state index >= 15 is 0 Å². The largest absolute Gasteiger partial charge is 0.454 e. The molecule has 5 rings (SSSR count). The van der Waals surface area contributed by atoms with Gasteiger partial charge in [-0.2, -0.15) is 0 Å². The van der Waals surface area contributed by atoms with Gasteiger partial charge >= 0.3 is 0 Å². The summed E-state index contributed by atoms with van der Waals surface area (Å²) in [4.78, 5) is 16.8. The predicted octanol–water partition coefficient (Wildman–Crippen LogP) is 3.58. The average molecular weight is 379 g/mol. The van der Waals surface area contributed by atoms with Gasteiger partial charge in [-0.1, -0.05) is 0 Å². The van der Waals surface area contributed by atoms with Crippen molar-refractivity contribution >= 4 is 21.4 Å². The first kappa shape index (κ1) is 15.8. The van der Waals surface area contributed by atoms with E-state index in [4.69, 9.17) is 14.2 Å². The van der Waals surface area contributed by atoms with Gasteiger partial charge in [0.2, 0.25) is 6.79 Å². The van der Waals surface area contributed by atoms with E-state index in [1.54, 1.807) is 37.6 Å². The van der Waals surface area contributed by atoms with Crippen LogP contribution in [0.4, 0.5) is 0 Å². The minimum absolute atomic E-state index is 0.170. The third-order valence-corrected chi connectivity index (χ3v) is 5.25. The quantitative estimate of drug-likeness (QED) is 0.542. The van der Waals surface area contributed by atoms with Gasteiger partial charge in [-0.25, -0.2) is 4.68 Å². The molecule has 3 aromatic heterocycles. The van der Waals surface area contributed by atoms with Crippen LogP contribution in [0.5, 0.6) is 23.1 Å². The molecule has 0 saturated heterocycles. The van der Waals surface area contributed by atoms with Gasteiger partial charge in [-0.3, -0.25) is 9.78 Å². The van der Waals surface area contributed by atoms with Crippen molar-refractivity contribution in [2.75, 3.05) is 6.79 Å². The number of thiophene rings is 1. The fraction of sp³-hybridized carbons (Fsp3) is 0.105. The van der Waals surface area contributed by atoms with Crippen molar-refractivity contribution < 1.29 is 14.2 Å². The van der Waals surface area contributed by atoms with E-state index in [0.29, 0.717) is 33.2 Å². The molecule has 1 aromatic carbocycles. The zero-order valence-corrected chi connectivity index (χ0v) is 15.0. The number of fused-ring (bicyclic) bond motifs is 2. The second-order valence-corrected chi connectivity index (χ2v) is 6.82. The SMILES string of the molecule is Cn1nc(Oc2ccc3c(c2)OCO3)c2scc(-c3ccncc3)c2c1=O. The molecule has 0 radical (unpaired) electrons. The Bertz CT molecular complexity index is 1220. The van der Waals surface area contributed by atoms with Crippen LogP contribution in [0.2, 0.25) is 0 Å². The van der Waals surface area contributed by atoms with Crippen LogP contribution in [0, 0.1) is 0 Å². The van der Waals surface area contributed by atoms with Gasteiger partial charge in [0.25, 0.3) is 11.4 Å². The first-order valence-electron chi connectivity index (χ1n) is 8.17. The summed E-state index contributed by atoms with van der Waals surface area (Å²) >= 11 is 1.43. The van der Waals surface area contributed by atoms with Gasteiger partial charge in [0, 0.05) is 36.5 Å². The highest BCUT2D eigenvalue weighted by Gasteiger charge is 2.19. The Morgan fingerprint density at radius 2 is 1.96 bits per heavy atom. The minimum Gasteiger partial charge on any atom is -0.454 e. The molecule has 134 valence electrons. The summed E-state index contributed by atoms with van der Waals surface area (Å²) in [5, 5.41) is 6.83. The molecule has 0 unspecified atom stereocenters. The summed E-state index contributed by atoms with van der Waals surface area (Å²) in [5.74, 6) is 2.23. The number of rotatable bonds is 3. The fourth-order valence-electron chi connectivity index (χ4n) is 2.98. The monoisotopic (exact) mass is 379 g/mol. The van der Waals surface area contributed by atoms with Gasteiger partial charge in [0.1, 0.15) is 10.4 Å².